The van der Waals surface area contributed by atoms with E-state index in [0.29, 0.717) is 0 Å². The Morgan fingerprint density at radius 1 is 1.04 bits per heavy atom. The maximum absolute atomic E-state index is 4.61. The summed E-state index contributed by atoms with van der Waals surface area (Å²) in [7, 11) is 4.22. The minimum absolute atomic E-state index is 0.256. The van der Waals surface area contributed by atoms with E-state index in [9.17, 15) is 0 Å². The fourth-order valence-electron chi connectivity index (χ4n) is 3.44. The Bertz CT molecular complexity index is 902. The first-order chi connectivity index (χ1) is 13.5. The Balaban J connectivity index is 1.91. The van der Waals surface area contributed by atoms with Gasteiger partial charge in [-0.15, -0.1) is 10.2 Å². The van der Waals surface area contributed by atoms with Crippen molar-refractivity contribution in [3.63, 3.8) is 0 Å². The van der Waals surface area contributed by atoms with Gasteiger partial charge in [-0.3, -0.25) is 4.90 Å². The predicted octanol–water partition coefficient (Wildman–Crippen LogP) is 5.25. The van der Waals surface area contributed by atoms with E-state index in [-0.39, 0.29) is 6.04 Å². The molecular weight excluding hydrogens is 364 g/mol. The summed E-state index contributed by atoms with van der Waals surface area (Å²) in [6.07, 6.45) is 1.00. The summed E-state index contributed by atoms with van der Waals surface area (Å²) < 4.78 is 2.29. The summed E-state index contributed by atoms with van der Waals surface area (Å²) in [4.78, 5) is 2.23. The summed E-state index contributed by atoms with van der Waals surface area (Å²) in [5.74, 6) is 1.94. The molecule has 0 saturated carbocycles. The molecule has 0 N–H and O–H groups in total. The second-order valence-electron chi connectivity index (χ2n) is 7.52. The molecule has 3 rings (SSSR count). The number of nitrogens with zero attached hydrogens (tertiary/aromatic N) is 4. The van der Waals surface area contributed by atoms with Crippen LogP contribution in [-0.4, -0.2) is 33.8 Å². The number of hydrogen-bond acceptors (Lipinski definition) is 4. The van der Waals surface area contributed by atoms with Crippen LogP contribution in [0.1, 0.15) is 47.5 Å². The maximum Gasteiger partial charge on any atom is 0.191 e. The molecule has 1 heterocycles. The first kappa shape index (κ1) is 20.6. The Morgan fingerprint density at radius 2 is 1.79 bits per heavy atom. The zero-order valence-corrected chi connectivity index (χ0v) is 18.3. The van der Waals surface area contributed by atoms with Crippen molar-refractivity contribution in [2.24, 2.45) is 0 Å². The molecule has 0 bridgehead atoms. The number of thioether (sulfide) groups is 1. The van der Waals surface area contributed by atoms with E-state index in [1.807, 2.05) is 0 Å². The summed E-state index contributed by atoms with van der Waals surface area (Å²) in [6, 6.07) is 17.5. The summed E-state index contributed by atoms with van der Waals surface area (Å²) in [5.41, 5.74) is 5.25. The highest BCUT2D eigenvalue weighted by Gasteiger charge is 2.22. The monoisotopic (exact) mass is 394 g/mol. The van der Waals surface area contributed by atoms with Crippen LogP contribution in [0.5, 0.6) is 0 Å². The molecule has 0 spiro atoms. The van der Waals surface area contributed by atoms with Crippen LogP contribution >= 0.6 is 11.8 Å². The zero-order chi connectivity index (χ0) is 20.1. The van der Waals surface area contributed by atoms with Crippen molar-refractivity contribution in [3.05, 3.63) is 76.6 Å². The first-order valence-corrected chi connectivity index (χ1v) is 10.8. The number of benzene rings is 2. The van der Waals surface area contributed by atoms with E-state index < -0.39 is 0 Å². The van der Waals surface area contributed by atoms with Gasteiger partial charge in [0.2, 0.25) is 0 Å². The third kappa shape index (κ3) is 4.83. The van der Waals surface area contributed by atoms with Crippen LogP contribution < -0.4 is 0 Å². The lowest BCUT2D eigenvalue weighted by Crippen LogP contribution is -2.23. The third-order valence-corrected chi connectivity index (χ3v) is 6.11. The molecule has 1 atom stereocenters. The fraction of sp³-hybridized carbons (Fsp3) is 0.391. The molecule has 28 heavy (non-hydrogen) atoms. The number of aryl methyl sites for hydroxylation is 2. The normalized spacial score (nSPS) is 12.5. The van der Waals surface area contributed by atoms with E-state index in [2.05, 4.69) is 103 Å². The molecule has 3 aromatic rings. The van der Waals surface area contributed by atoms with E-state index in [4.69, 9.17) is 0 Å². The SMILES string of the molecule is CC[C@H](c1nnc(SCc2cc(C)ccc2C)n1Cc1ccccc1)N(C)C. The van der Waals surface area contributed by atoms with Gasteiger partial charge in [-0.2, -0.15) is 0 Å². The molecule has 5 heteroatoms. The Hall–Kier alpha value is -2.11. The van der Waals surface area contributed by atoms with Crippen LogP contribution in [0.4, 0.5) is 0 Å². The van der Waals surface area contributed by atoms with Crippen molar-refractivity contribution in [1.82, 2.24) is 19.7 Å². The molecule has 0 aliphatic rings. The Kier molecular flexibility index (Phi) is 6.92. The van der Waals surface area contributed by atoms with Gasteiger partial charge in [-0.1, -0.05) is 72.8 Å². The standard InChI is InChI=1S/C23H30N4S/c1-6-21(26(4)5)22-24-25-23(27(22)15-19-10-8-7-9-11-19)28-16-20-14-17(2)12-13-18(20)3/h7-14,21H,6,15-16H2,1-5H3/t21-/m1/s1. The Labute approximate surface area is 173 Å². The van der Waals surface area contributed by atoms with Crippen molar-refractivity contribution < 1.29 is 0 Å². The molecular formula is C23H30N4S. The van der Waals surface area contributed by atoms with Gasteiger partial charge in [0.1, 0.15) is 0 Å². The average Bonchev–Trinajstić information content (AvgIpc) is 3.06. The second kappa shape index (κ2) is 9.39. The molecule has 2 aromatic carbocycles. The van der Waals surface area contributed by atoms with Crippen LogP contribution in [0.2, 0.25) is 0 Å². The van der Waals surface area contributed by atoms with Gasteiger partial charge in [0.25, 0.3) is 0 Å². The maximum atomic E-state index is 4.61. The molecule has 0 radical (unpaired) electrons. The Morgan fingerprint density at radius 3 is 2.46 bits per heavy atom. The predicted molar refractivity (Wildman–Crippen MR) is 118 cm³/mol. The fourth-order valence-corrected chi connectivity index (χ4v) is 4.45. The van der Waals surface area contributed by atoms with Gasteiger partial charge in [0, 0.05) is 5.75 Å². The minimum atomic E-state index is 0.256. The van der Waals surface area contributed by atoms with Gasteiger partial charge >= 0.3 is 0 Å². The molecule has 0 saturated heterocycles. The van der Waals surface area contributed by atoms with E-state index in [0.717, 1.165) is 29.7 Å². The summed E-state index contributed by atoms with van der Waals surface area (Å²) in [6.45, 7) is 7.32. The largest absolute Gasteiger partial charge is 0.300 e. The van der Waals surface area contributed by atoms with E-state index in [1.165, 1.54) is 22.3 Å². The van der Waals surface area contributed by atoms with Gasteiger partial charge in [-0.05, 0) is 51.1 Å². The minimum Gasteiger partial charge on any atom is -0.300 e. The van der Waals surface area contributed by atoms with Crippen LogP contribution in [0, 0.1) is 13.8 Å². The van der Waals surface area contributed by atoms with Crippen LogP contribution in [0.3, 0.4) is 0 Å². The van der Waals surface area contributed by atoms with Gasteiger partial charge in [0.15, 0.2) is 11.0 Å². The highest BCUT2D eigenvalue weighted by Crippen LogP contribution is 2.29. The lowest BCUT2D eigenvalue weighted by Gasteiger charge is -2.23. The highest BCUT2D eigenvalue weighted by molar-refractivity contribution is 7.98. The van der Waals surface area contributed by atoms with Crippen molar-refractivity contribution in [2.75, 3.05) is 14.1 Å². The molecule has 4 nitrogen and oxygen atoms in total. The third-order valence-electron chi connectivity index (χ3n) is 5.10. The number of aromatic nitrogens is 3. The van der Waals surface area contributed by atoms with Crippen LogP contribution in [-0.2, 0) is 12.3 Å². The summed E-state index contributed by atoms with van der Waals surface area (Å²) in [5, 5.41) is 10.2. The van der Waals surface area contributed by atoms with Gasteiger partial charge < -0.3 is 4.57 Å². The zero-order valence-electron chi connectivity index (χ0n) is 17.5. The molecule has 148 valence electrons. The smallest absolute Gasteiger partial charge is 0.191 e. The van der Waals surface area contributed by atoms with Crippen molar-refractivity contribution in [2.45, 2.75) is 50.7 Å². The van der Waals surface area contributed by atoms with Crippen LogP contribution in [0.25, 0.3) is 0 Å². The topological polar surface area (TPSA) is 34.0 Å². The molecule has 0 aliphatic carbocycles. The van der Waals surface area contributed by atoms with Crippen LogP contribution in [0.15, 0.2) is 53.7 Å². The second-order valence-corrected chi connectivity index (χ2v) is 8.46. The molecule has 0 unspecified atom stereocenters. The molecule has 0 fully saturated rings. The highest BCUT2D eigenvalue weighted by atomic mass is 32.2. The molecule has 0 amide bonds. The lowest BCUT2D eigenvalue weighted by atomic mass is 10.1. The average molecular weight is 395 g/mol. The molecule has 1 aromatic heterocycles. The number of hydrogen-bond donors (Lipinski definition) is 0. The van der Waals surface area contributed by atoms with Crippen molar-refractivity contribution >= 4 is 11.8 Å². The van der Waals surface area contributed by atoms with Gasteiger partial charge in [0.05, 0.1) is 12.6 Å². The van der Waals surface area contributed by atoms with Crippen molar-refractivity contribution in [3.8, 4) is 0 Å². The van der Waals surface area contributed by atoms with E-state index >= 15 is 0 Å². The van der Waals surface area contributed by atoms with E-state index in [1.54, 1.807) is 11.8 Å². The summed E-state index contributed by atoms with van der Waals surface area (Å²) >= 11 is 1.77. The van der Waals surface area contributed by atoms with Gasteiger partial charge in [-0.25, -0.2) is 0 Å². The van der Waals surface area contributed by atoms with Crippen molar-refractivity contribution in [1.29, 1.82) is 0 Å². The lowest BCUT2D eigenvalue weighted by molar-refractivity contribution is 0.272. The number of rotatable bonds is 8. The quantitative estimate of drug-likeness (QED) is 0.489. The molecule has 0 aliphatic heterocycles. The first-order valence-electron chi connectivity index (χ1n) is 9.82.